The second kappa shape index (κ2) is 22.8. The highest BCUT2D eigenvalue weighted by Crippen LogP contribution is 2.63. The highest BCUT2D eigenvalue weighted by molar-refractivity contribution is 9.10. The zero-order valence-electron chi connectivity index (χ0n) is 53.7. The summed E-state index contributed by atoms with van der Waals surface area (Å²) in [5, 5.41) is 2.29. The maximum atomic E-state index is 6.58. The van der Waals surface area contributed by atoms with Gasteiger partial charge >= 0.3 is 0 Å². The molecular formula is C87H64BrN7O2. The fourth-order valence-corrected chi connectivity index (χ4v) is 16.2. The van der Waals surface area contributed by atoms with E-state index in [1.54, 1.807) is 0 Å². The Morgan fingerprint density at radius 2 is 0.732 bits per heavy atom. The number of aryl methyl sites for hydroxylation is 4. The number of halogens is 1. The summed E-state index contributed by atoms with van der Waals surface area (Å²) in [6.07, 6.45) is 8.51. The van der Waals surface area contributed by atoms with Gasteiger partial charge in [0.2, 0.25) is 0 Å². The first kappa shape index (κ1) is 57.9. The predicted octanol–water partition coefficient (Wildman–Crippen LogP) is 21.7. The molecule has 10 heteroatoms. The fraction of sp³-hybridized carbons (Fsp3) is 0.0805. The van der Waals surface area contributed by atoms with Crippen molar-refractivity contribution in [1.82, 2.24) is 29.1 Å². The Bertz CT molecular complexity index is 5550. The summed E-state index contributed by atoms with van der Waals surface area (Å²) in [7, 11) is 0. The van der Waals surface area contributed by atoms with Gasteiger partial charge in [0, 0.05) is 46.8 Å². The first-order valence-electron chi connectivity index (χ1n) is 32.9. The monoisotopic (exact) mass is 1320 g/mol. The molecule has 20 rings (SSSR count). The molecule has 3 aliphatic heterocycles. The van der Waals surface area contributed by atoms with Gasteiger partial charge in [-0.2, -0.15) is 0 Å². The van der Waals surface area contributed by atoms with E-state index in [0.29, 0.717) is 0 Å². The Hall–Kier alpha value is -11.7. The number of aromatic nitrogens is 6. The van der Waals surface area contributed by atoms with Crippen LogP contribution in [-0.4, -0.2) is 29.1 Å². The molecule has 4 aliphatic rings. The highest BCUT2D eigenvalue weighted by atomic mass is 79.9. The summed E-state index contributed by atoms with van der Waals surface area (Å²) >= 11 is 3.38. The highest BCUT2D eigenvalue weighted by Gasteiger charge is 2.52. The zero-order chi connectivity index (χ0) is 65.1. The van der Waals surface area contributed by atoms with Gasteiger partial charge in [0.05, 0.1) is 79.1 Å². The largest absolute Gasteiger partial charge is 0.457 e. The van der Waals surface area contributed by atoms with E-state index < -0.39 is 5.41 Å². The van der Waals surface area contributed by atoms with Gasteiger partial charge in [-0.25, -0.2) is 9.97 Å². The number of hydrogen-bond acceptors (Lipinski definition) is 7. The molecule has 16 aromatic rings. The molecule has 1 aliphatic carbocycles. The van der Waals surface area contributed by atoms with Crippen LogP contribution in [0.3, 0.4) is 0 Å². The van der Waals surface area contributed by atoms with E-state index in [4.69, 9.17) is 19.4 Å². The number of para-hydroxylation sites is 6. The molecule has 0 fully saturated rings. The summed E-state index contributed by atoms with van der Waals surface area (Å²) in [4.78, 5) is 21.1. The summed E-state index contributed by atoms with van der Waals surface area (Å²) in [5.74, 6) is 4.53. The van der Waals surface area contributed by atoms with Crippen molar-refractivity contribution in [2.75, 3.05) is 4.90 Å². The zero-order valence-corrected chi connectivity index (χ0v) is 55.3. The summed E-state index contributed by atoms with van der Waals surface area (Å²) in [6.45, 7) is 8.73. The molecule has 2 spiro atoms. The number of ether oxygens (including phenoxy) is 2. The molecule has 9 nitrogen and oxygen atoms in total. The number of rotatable bonds is 3. The molecule has 97 heavy (non-hydrogen) atoms. The number of pyridine rings is 4. The number of hydrogen-bond donors (Lipinski definition) is 0. The standard InChI is InChI=1S/C43H30N4O.C28H22O.C16H10BrN3.H2/c1-27-17-20-36-33(24-27)43(31-11-4-7-15-39(31)48-40-16-8-5-12-32(40)43)34-25-28(2)18-21-37(34)47(36)41-22-19-29(26-45-41)46-35-13-6-3-10-30(35)42-38(46)14-9-23-44-42;1-18-11-13-20-17-21-14-12-19(2)16-25(21)28(24(20)15-18)22-7-3-5-9-26(22)29-27-10-6-4-8-23(27)28;17-15-8-7-11(10-19-15)20-13-5-2-1-4-12(13)16-14(20)6-3-9-18-16;/h3-26H,1-2H3;3-16H,17H2,1-2H3;1-10H;1H/i;;;1+1. The van der Waals surface area contributed by atoms with Gasteiger partial charge in [0.15, 0.2) is 0 Å². The minimum atomic E-state index is -0.583. The number of fused-ring (bicyclic) bond motifs is 22. The second-order valence-electron chi connectivity index (χ2n) is 25.7. The van der Waals surface area contributed by atoms with E-state index in [9.17, 15) is 0 Å². The van der Waals surface area contributed by atoms with Crippen molar-refractivity contribution in [1.29, 1.82) is 0 Å². The minimum absolute atomic E-state index is 0. The summed E-state index contributed by atoms with van der Waals surface area (Å²) in [5.41, 5.74) is 27.5. The van der Waals surface area contributed by atoms with Crippen LogP contribution in [0.2, 0.25) is 0 Å². The van der Waals surface area contributed by atoms with Crippen molar-refractivity contribution < 1.29 is 10.9 Å². The van der Waals surface area contributed by atoms with Crippen molar-refractivity contribution in [2.24, 2.45) is 0 Å². The van der Waals surface area contributed by atoms with Gasteiger partial charge in [-0.15, -0.1) is 0 Å². The molecule has 0 radical (unpaired) electrons. The topological polar surface area (TPSA) is 83.1 Å². The number of nitrogens with zero attached hydrogens (tertiary/aromatic N) is 7. The van der Waals surface area contributed by atoms with E-state index in [-0.39, 0.29) is 6.84 Å². The molecule has 0 bridgehead atoms. The molecule has 0 saturated carbocycles. The molecule has 0 N–H and O–H groups in total. The summed E-state index contributed by atoms with van der Waals surface area (Å²) in [6, 6.07) is 94.8. The van der Waals surface area contributed by atoms with Crippen LogP contribution >= 0.6 is 15.9 Å². The first-order chi connectivity index (χ1) is 47.6. The third-order valence-electron chi connectivity index (χ3n) is 20.0. The molecule has 0 saturated heterocycles. The van der Waals surface area contributed by atoms with Gasteiger partial charge in [-0.3, -0.25) is 14.9 Å². The maximum Gasteiger partial charge on any atom is 0.137 e. The van der Waals surface area contributed by atoms with Crippen LogP contribution in [0, 0.1) is 27.7 Å². The lowest BCUT2D eigenvalue weighted by Crippen LogP contribution is -2.40. The Balaban J connectivity index is 0.000000122. The molecule has 9 heterocycles. The lowest BCUT2D eigenvalue weighted by molar-refractivity contribution is 0.432. The van der Waals surface area contributed by atoms with Crippen LogP contribution < -0.4 is 14.4 Å². The Morgan fingerprint density at radius 3 is 1.16 bits per heavy atom. The Labute approximate surface area is 571 Å². The quantitative estimate of drug-likeness (QED) is 0.163. The van der Waals surface area contributed by atoms with Gasteiger partial charge in [-0.05, 0) is 180 Å². The third kappa shape index (κ3) is 8.96. The van der Waals surface area contributed by atoms with Gasteiger partial charge in [0.1, 0.15) is 33.4 Å². The normalized spacial score (nSPS) is 13.7. The van der Waals surface area contributed by atoms with E-state index in [1.807, 2.05) is 55.1 Å². The molecule has 0 atom stereocenters. The second-order valence-corrected chi connectivity index (χ2v) is 26.5. The van der Waals surface area contributed by atoms with Crippen LogP contribution in [-0.2, 0) is 17.3 Å². The lowest BCUT2D eigenvalue weighted by atomic mass is 9.58. The minimum Gasteiger partial charge on any atom is -0.457 e. The van der Waals surface area contributed by atoms with E-state index in [1.165, 1.54) is 66.8 Å². The van der Waals surface area contributed by atoms with Crippen molar-refractivity contribution >= 4 is 77.0 Å². The Morgan fingerprint density at radius 1 is 0.351 bits per heavy atom. The van der Waals surface area contributed by atoms with Gasteiger partial charge in [-0.1, -0.05) is 192 Å². The number of anilines is 3. The van der Waals surface area contributed by atoms with Crippen LogP contribution in [0.25, 0.3) is 55.2 Å². The SMILES string of the molecule is Brc1ccc(-n2c3ccccc3c3ncccc32)cn1.Cc1ccc2c(c1)C1(c3cc(C)ccc3C2)c2ccccc2Oc2ccccc21.Cc1ccc2c(c1)C1(c3ccccc3Oc3ccccc31)c1cc(C)ccc1N2c1ccc(-n2c3ccccc3c3ncccc32)cn1.[2HH]. The molecule has 0 amide bonds. The van der Waals surface area contributed by atoms with Crippen molar-refractivity contribution in [3.63, 3.8) is 0 Å². The van der Waals surface area contributed by atoms with Crippen molar-refractivity contribution in [2.45, 2.75) is 44.9 Å². The molecular weight excluding hydrogens is 1250 g/mol. The Kier molecular flexibility index (Phi) is 13.6. The molecule has 0 unspecified atom stereocenters. The van der Waals surface area contributed by atoms with Crippen LogP contribution in [0.1, 0.15) is 79.3 Å². The summed E-state index contributed by atoms with van der Waals surface area (Å²) < 4.78 is 18.3. The molecule has 10 aromatic carbocycles. The van der Waals surface area contributed by atoms with Gasteiger partial charge in [0.25, 0.3) is 0 Å². The third-order valence-corrected chi connectivity index (χ3v) is 20.4. The predicted molar refractivity (Wildman–Crippen MR) is 396 cm³/mol. The van der Waals surface area contributed by atoms with Crippen molar-refractivity contribution in [3.8, 4) is 34.4 Å². The first-order valence-corrected chi connectivity index (χ1v) is 33.7. The number of benzene rings is 10. The molecule has 6 aromatic heterocycles. The fourth-order valence-electron chi connectivity index (χ4n) is 16.0. The van der Waals surface area contributed by atoms with Crippen LogP contribution in [0.15, 0.2) is 296 Å². The van der Waals surface area contributed by atoms with Crippen molar-refractivity contribution in [3.05, 3.63) is 374 Å². The average Bonchev–Trinajstić information content (AvgIpc) is 0.928. The van der Waals surface area contributed by atoms with Crippen LogP contribution in [0.5, 0.6) is 23.0 Å². The van der Waals surface area contributed by atoms with Gasteiger partial charge < -0.3 is 18.6 Å². The smallest absolute Gasteiger partial charge is 0.137 e. The average molecular weight is 1320 g/mol. The maximum absolute atomic E-state index is 6.58. The van der Waals surface area contributed by atoms with E-state index in [0.717, 1.165) is 118 Å². The lowest BCUT2D eigenvalue weighted by Gasteiger charge is -2.48. The van der Waals surface area contributed by atoms with E-state index >= 15 is 0 Å². The van der Waals surface area contributed by atoms with E-state index in [2.05, 4.69) is 304 Å². The van der Waals surface area contributed by atoms with Crippen LogP contribution in [0.4, 0.5) is 17.2 Å². The molecule has 466 valence electrons.